The third-order valence-corrected chi connectivity index (χ3v) is 5.85. The zero-order valence-electron chi connectivity index (χ0n) is 18.7. The first-order valence-electron chi connectivity index (χ1n) is 10.9. The maximum atomic E-state index is 12.5. The largest absolute Gasteiger partial charge is 0.497 e. The lowest BCUT2D eigenvalue weighted by Gasteiger charge is -2.30. The van der Waals surface area contributed by atoms with Crippen molar-refractivity contribution in [1.82, 2.24) is 10.2 Å². The van der Waals surface area contributed by atoms with E-state index in [1.165, 1.54) is 11.1 Å². The van der Waals surface area contributed by atoms with E-state index in [1.54, 1.807) is 7.11 Å². The molecule has 2 amide bonds. The van der Waals surface area contributed by atoms with Crippen LogP contribution in [0, 0.1) is 19.8 Å². The number of carbonyl (C=O) groups excluding carboxylic acids is 2. The molecule has 1 aliphatic heterocycles. The lowest BCUT2D eigenvalue weighted by atomic mass is 9.96. The summed E-state index contributed by atoms with van der Waals surface area (Å²) in [5.41, 5.74) is 4.28. The number of methoxy groups -OCH3 is 1. The maximum absolute atomic E-state index is 12.5. The zero-order chi connectivity index (χ0) is 22.2. The standard InChI is InChI=1S/C25H33N3O3/c1-18-4-9-23(19(2)16-18)27-24(29)17-28-14-11-21(12-15-28)25(30)26-13-10-20-5-7-22(31-3)8-6-20/h4-9,16,21H,10-15,17H2,1-3H3,(H,26,30)(H,27,29). The highest BCUT2D eigenvalue weighted by Crippen LogP contribution is 2.19. The number of nitrogens with zero attached hydrogens (tertiary/aromatic N) is 1. The molecule has 0 atom stereocenters. The molecule has 6 nitrogen and oxygen atoms in total. The highest BCUT2D eigenvalue weighted by Gasteiger charge is 2.25. The second-order valence-electron chi connectivity index (χ2n) is 8.31. The van der Waals surface area contributed by atoms with Crippen LogP contribution in [0.1, 0.15) is 29.5 Å². The molecule has 0 aliphatic carbocycles. The van der Waals surface area contributed by atoms with Gasteiger partial charge in [-0.05, 0) is 75.5 Å². The van der Waals surface area contributed by atoms with Gasteiger partial charge in [0, 0.05) is 18.2 Å². The van der Waals surface area contributed by atoms with E-state index in [9.17, 15) is 9.59 Å². The van der Waals surface area contributed by atoms with Crippen LogP contribution in [0.3, 0.4) is 0 Å². The Labute approximate surface area is 185 Å². The van der Waals surface area contributed by atoms with Gasteiger partial charge in [-0.15, -0.1) is 0 Å². The molecule has 2 aromatic carbocycles. The van der Waals surface area contributed by atoms with Crippen LogP contribution in [-0.4, -0.2) is 50.0 Å². The average Bonchev–Trinajstić information content (AvgIpc) is 2.76. The fraction of sp³-hybridized carbons (Fsp3) is 0.440. The number of likely N-dealkylation sites (tertiary alicyclic amines) is 1. The van der Waals surface area contributed by atoms with Crippen LogP contribution in [0.15, 0.2) is 42.5 Å². The Morgan fingerprint density at radius 2 is 1.77 bits per heavy atom. The Balaban J connectivity index is 1.36. The van der Waals surface area contributed by atoms with Gasteiger partial charge >= 0.3 is 0 Å². The summed E-state index contributed by atoms with van der Waals surface area (Å²) in [5, 5.41) is 6.06. The molecular formula is C25H33N3O3. The third kappa shape index (κ3) is 6.82. The van der Waals surface area contributed by atoms with Crippen LogP contribution in [0.5, 0.6) is 5.75 Å². The third-order valence-electron chi connectivity index (χ3n) is 5.85. The first kappa shape index (κ1) is 22.8. The fourth-order valence-electron chi connectivity index (χ4n) is 3.97. The van der Waals surface area contributed by atoms with Gasteiger partial charge in [-0.1, -0.05) is 29.8 Å². The number of anilines is 1. The predicted molar refractivity (Wildman–Crippen MR) is 123 cm³/mol. The Bertz CT molecular complexity index is 887. The average molecular weight is 424 g/mol. The molecule has 0 spiro atoms. The van der Waals surface area contributed by atoms with Gasteiger partial charge in [0.05, 0.1) is 13.7 Å². The number of aryl methyl sites for hydroxylation is 2. The van der Waals surface area contributed by atoms with E-state index < -0.39 is 0 Å². The summed E-state index contributed by atoms with van der Waals surface area (Å²) in [6.45, 7) is 6.55. The maximum Gasteiger partial charge on any atom is 0.238 e. The zero-order valence-corrected chi connectivity index (χ0v) is 18.7. The molecule has 6 heteroatoms. The second kappa shape index (κ2) is 11.0. The van der Waals surface area contributed by atoms with Crippen molar-refractivity contribution >= 4 is 17.5 Å². The SMILES string of the molecule is COc1ccc(CCNC(=O)C2CCN(CC(=O)Nc3ccc(C)cc3C)CC2)cc1. The summed E-state index contributed by atoms with van der Waals surface area (Å²) in [7, 11) is 1.65. The summed E-state index contributed by atoms with van der Waals surface area (Å²) >= 11 is 0. The van der Waals surface area contributed by atoms with Gasteiger partial charge in [-0.25, -0.2) is 0 Å². The number of hydrogen-bond donors (Lipinski definition) is 2. The van der Waals surface area contributed by atoms with E-state index >= 15 is 0 Å². The Kier molecular flexibility index (Phi) is 8.06. The molecule has 1 heterocycles. The minimum absolute atomic E-state index is 0.00524. The van der Waals surface area contributed by atoms with Gasteiger partial charge in [-0.3, -0.25) is 14.5 Å². The quantitative estimate of drug-likeness (QED) is 0.683. The van der Waals surface area contributed by atoms with Gasteiger partial charge in [0.15, 0.2) is 0 Å². The van der Waals surface area contributed by atoms with Gasteiger partial charge < -0.3 is 15.4 Å². The number of rotatable bonds is 8. The number of carbonyl (C=O) groups is 2. The van der Waals surface area contributed by atoms with Crippen LogP contribution in [0.2, 0.25) is 0 Å². The summed E-state index contributed by atoms with van der Waals surface area (Å²) in [6.07, 6.45) is 2.36. The van der Waals surface area contributed by atoms with Crippen molar-refractivity contribution in [2.45, 2.75) is 33.1 Å². The predicted octanol–water partition coefficient (Wildman–Crippen LogP) is 3.32. The van der Waals surface area contributed by atoms with Crippen molar-refractivity contribution in [3.63, 3.8) is 0 Å². The molecule has 0 radical (unpaired) electrons. The van der Waals surface area contributed by atoms with Crippen molar-refractivity contribution < 1.29 is 14.3 Å². The van der Waals surface area contributed by atoms with Crippen molar-refractivity contribution in [2.75, 3.05) is 38.6 Å². The minimum atomic E-state index is -0.00524. The lowest BCUT2D eigenvalue weighted by molar-refractivity contribution is -0.126. The number of ether oxygens (including phenoxy) is 1. The molecule has 0 saturated carbocycles. The Morgan fingerprint density at radius 1 is 1.06 bits per heavy atom. The highest BCUT2D eigenvalue weighted by molar-refractivity contribution is 5.93. The molecule has 1 aliphatic rings. The van der Waals surface area contributed by atoms with E-state index in [1.807, 2.05) is 50.2 Å². The van der Waals surface area contributed by atoms with Crippen molar-refractivity contribution in [3.8, 4) is 5.75 Å². The Hall–Kier alpha value is -2.86. The van der Waals surface area contributed by atoms with Crippen LogP contribution in [-0.2, 0) is 16.0 Å². The van der Waals surface area contributed by atoms with Crippen LogP contribution in [0.25, 0.3) is 0 Å². The Morgan fingerprint density at radius 3 is 2.42 bits per heavy atom. The number of nitrogens with one attached hydrogen (secondary N) is 2. The molecular weight excluding hydrogens is 390 g/mol. The first-order valence-corrected chi connectivity index (χ1v) is 10.9. The molecule has 2 N–H and O–H groups in total. The molecule has 0 unspecified atom stereocenters. The summed E-state index contributed by atoms with van der Waals surface area (Å²) in [4.78, 5) is 27.0. The molecule has 166 valence electrons. The normalized spacial score (nSPS) is 14.8. The molecule has 1 fully saturated rings. The molecule has 0 aromatic heterocycles. The van der Waals surface area contributed by atoms with Crippen LogP contribution < -0.4 is 15.4 Å². The molecule has 0 bridgehead atoms. The number of benzene rings is 2. The van der Waals surface area contributed by atoms with Crippen molar-refractivity contribution in [3.05, 3.63) is 59.2 Å². The molecule has 2 aromatic rings. The molecule has 3 rings (SSSR count). The summed E-state index contributed by atoms with van der Waals surface area (Å²) < 4.78 is 5.16. The van der Waals surface area contributed by atoms with Gasteiger partial charge in [0.1, 0.15) is 5.75 Å². The van der Waals surface area contributed by atoms with E-state index in [-0.39, 0.29) is 17.7 Å². The highest BCUT2D eigenvalue weighted by atomic mass is 16.5. The topological polar surface area (TPSA) is 70.7 Å². The summed E-state index contributed by atoms with van der Waals surface area (Å²) in [6, 6.07) is 13.9. The van der Waals surface area contributed by atoms with Gasteiger partial charge in [0.2, 0.25) is 11.8 Å². The first-order chi connectivity index (χ1) is 14.9. The number of piperidine rings is 1. The number of hydrogen-bond acceptors (Lipinski definition) is 4. The fourth-order valence-corrected chi connectivity index (χ4v) is 3.97. The molecule has 1 saturated heterocycles. The monoisotopic (exact) mass is 423 g/mol. The van der Waals surface area contributed by atoms with Crippen molar-refractivity contribution in [1.29, 1.82) is 0 Å². The minimum Gasteiger partial charge on any atom is -0.497 e. The van der Waals surface area contributed by atoms with E-state index in [4.69, 9.17) is 4.74 Å². The second-order valence-corrected chi connectivity index (χ2v) is 8.31. The van der Waals surface area contributed by atoms with Crippen LogP contribution in [0.4, 0.5) is 5.69 Å². The van der Waals surface area contributed by atoms with Gasteiger partial charge in [0.25, 0.3) is 0 Å². The summed E-state index contributed by atoms with van der Waals surface area (Å²) in [5.74, 6) is 0.971. The smallest absolute Gasteiger partial charge is 0.238 e. The van der Waals surface area contributed by atoms with E-state index in [2.05, 4.69) is 21.6 Å². The van der Waals surface area contributed by atoms with E-state index in [0.717, 1.165) is 49.4 Å². The van der Waals surface area contributed by atoms with Crippen molar-refractivity contribution in [2.24, 2.45) is 5.92 Å². The number of amides is 2. The van der Waals surface area contributed by atoms with E-state index in [0.29, 0.717) is 13.1 Å². The lowest BCUT2D eigenvalue weighted by Crippen LogP contribution is -2.43. The molecule has 31 heavy (non-hydrogen) atoms. The van der Waals surface area contributed by atoms with Crippen LogP contribution >= 0.6 is 0 Å². The van der Waals surface area contributed by atoms with Gasteiger partial charge in [-0.2, -0.15) is 0 Å².